The van der Waals surface area contributed by atoms with Crippen LogP contribution in [0.1, 0.15) is 40.0 Å². The highest BCUT2D eigenvalue weighted by molar-refractivity contribution is 4.86. The molecule has 0 spiro atoms. The molecule has 2 aliphatic rings. The summed E-state index contributed by atoms with van der Waals surface area (Å²) in [5.74, 6) is 2.37. The lowest BCUT2D eigenvalue weighted by Gasteiger charge is -2.24. The molecule has 1 N–H and O–H groups in total. The van der Waals surface area contributed by atoms with Gasteiger partial charge in [-0.25, -0.2) is 0 Å². The molecule has 2 fully saturated rings. The fourth-order valence-corrected chi connectivity index (χ4v) is 2.71. The zero-order valence-corrected chi connectivity index (χ0v) is 10.3. The SMILES string of the molecule is CC(C)C1OCCC1CNC(C)C1CC1. The van der Waals surface area contributed by atoms with Crippen LogP contribution in [0.4, 0.5) is 0 Å². The third-order valence-corrected chi connectivity index (χ3v) is 3.95. The van der Waals surface area contributed by atoms with Gasteiger partial charge in [-0.05, 0) is 43.9 Å². The lowest BCUT2D eigenvalue weighted by atomic mass is 9.93. The van der Waals surface area contributed by atoms with Crippen LogP contribution in [0.25, 0.3) is 0 Å². The van der Waals surface area contributed by atoms with Gasteiger partial charge in [0.15, 0.2) is 0 Å². The number of hydrogen-bond donors (Lipinski definition) is 1. The molecule has 0 aromatic heterocycles. The van der Waals surface area contributed by atoms with Gasteiger partial charge in [0.2, 0.25) is 0 Å². The highest BCUT2D eigenvalue weighted by Gasteiger charge is 2.32. The summed E-state index contributed by atoms with van der Waals surface area (Å²) in [6.45, 7) is 8.99. The summed E-state index contributed by atoms with van der Waals surface area (Å²) in [7, 11) is 0. The third-order valence-electron chi connectivity index (χ3n) is 3.95. The summed E-state index contributed by atoms with van der Waals surface area (Å²) in [4.78, 5) is 0. The van der Waals surface area contributed by atoms with Gasteiger partial charge in [0.1, 0.15) is 0 Å². The Morgan fingerprint density at radius 3 is 2.53 bits per heavy atom. The Hall–Kier alpha value is -0.0800. The highest BCUT2D eigenvalue weighted by atomic mass is 16.5. The van der Waals surface area contributed by atoms with Crippen molar-refractivity contribution in [1.29, 1.82) is 0 Å². The van der Waals surface area contributed by atoms with Gasteiger partial charge in [0.05, 0.1) is 6.10 Å². The number of nitrogens with one attached hydrogen (secondary N) is 1. The Kier molecular flexibility index (Phi) is 3.68. The minimum Gasteiger partial charge on any atom is -0.378 e. The summed E-state index contributed by atoms with van der Waals surface area (Å²) in [5, 5.41) is 3.69. The van der Waals surface area contributed by atoms with Crippen molar-refractivity contribution in [2.75, 3.05) is 13.2 Å². The Labute approximate surface area is 93.8 Å². The standard InChI is InChI=1S/C13H25NO/c1-9(2)13-12(6-7-15-13)8-14-10(3)11-4-5-11/h9-14H,4-8H2,1-3H3. The van der Waals surface area contributed by atoms with E-state index in [1.54, 1.807) is 0 Å². The van der Waals surface area contributed by atoms with Crippen LogP contribution in [0.3, 0.4) is 0 Å². The van der Waals surface area contributed by atoms with Gasteiger partial charge in [0.25, 0.3) is 0 Å². The van der Waals surface area contributed by atoms with Crippen LogP contribution in [0, 0.1) is 17.8 Å². The van der Waals surface area contributed by atoms with E-state index in [1.807, 2.05) is 0 Å². The Morgan fingerprint density at radius 1 is 1.20 bits per heavy atom. The van der Waals surface area contributed by atoms with E-state index in [4.69, 9.17) is 4.74 Å². The number of hydrogen-bond acceptors (Lipinski definition) is 2. The highest BCUT2D eigenvalue weighted by Crippen LogP contribution is 2.33. The number of ether oxygens (including phenoxy) is 1. The van der Waals surface area contributed by atoms with Crippen molar-refractivity contribution in [2.45, 2.75) is 52.2 Å². The van der Waals surface area contributed by atoms with Crippen LogP contribution in [0.2, 0.25) is 0 Å². The predicted octanol–water partition coefficient (Wildman–Crippen LogP) is 2.44. The molecule has 0 aromatic carbocycles. The molecule has 0 aromatic rings. The predicted molar refractivity (Wildman–Crippen MR) is 62.9 cm³/mol. The van der Waals surface area contributed by atoms with Gasteiger partial charge < -0.3 is 10.1 Å². The summed E-state index contributed by atoms with van der Waals surface area (Å²) >= 11 is 0. The van der Waals surface area contributed by atoms with Gasteiger partial charge in [0, 0.05) is 19.2 Å². The van der Waals surface area contributed by atoms with E-state index in [0.717, 1.165) is 31.0 Å². The molecule has 0 amide bonds. The summed E-state index contributed by atoms with van der Waals surface area (Å²) in [6.07, 6.45) is 4.60. The fourth-order valence-electron chi connectivity index (χ4n) is 2.71. The van der Waals surface area contributed by atoms with E-state index in [-0.39, 0.29) is 0 Å². The average molecular weight is 211 g/mol. The third kappa shape index (κ3) is 2.94. The maximum atomic E-state index is 5.80. The van der Waals surface area contributed by atoms with E-state index in [1.165, 1.54) is 19.3 Å². The van der Waals surface area contributed by atoms with E-state index < -0.39 is 0 Å². The van der Waals surface area contributed by atoms with E-state index in [0.29, 0.717) is 12.0 Å². The van der Waals surface area contributed by atoms with Gasteiger partial charge in [-0.3, -0.25) is 0 Å². The smallest absolute Gasteiger partial charge is 0.0639 e. The van der Waals surface area contributed by atoms with Gasteiger partial charge >= 0.3 is 0 Å². The van der Waals surface area contributed by atoms with E-state index >= 15 is 0 Å². The largest absolute Gasteiger partial charge is 0.378 e. The molecule has 1 aliphatic carbocycles. The second-order valence-electron chi connectivity index (χ2n) is 5.66. The summed E-state index contributed by atoms with van der Waals surface area (Å²) in [6, 6.07) is 0.721. The minimum absolute atomic E-state index is 0.490. The zero-order chi connectivity index (χ0) is 10.8. The zero-order valence-electron chi connectivity index (χ0n) is 10.3. The van der Waals surface area contributed by atoms with Crippen LogP contribution in [-0.2, 0) is 4.74 Å². The molecule has 15 heavy (non-hydrogen) atoms. The van der Waals surface area contributed by atoms with Crippen molar-refractivity contribution >= 4 is 0 Å². The molecule has 1 saturated heterocycles. The quantitative estimate of drug-likeness (QED) is 0.754. The van der Waals surface area contributed by atoms with Crippen molar-refractivity contribution in [2.24, 2.45) is 17.8 Å². The topological polar surface area (TPSA) is 21.3 Å². The number of rotatable bonds is 5. The second kappa shape index (κ2) is 4.84. The molecule has 88 valence electrons. The van der Waals surface area contributed by atoms with Crippen molar-refractivity contribution in [3.8, 4) is 0 Å². The first kappa shape index (κ1) is 11.4. The van der Waals surface area contributed by atoms with Gasteiger partial charge in [-0.2, -0.15) is 0 Å². The molecule has 3 unspecified atom stereocenters. The first-order valence-electron chi connectivity index (χ1n) is 6.53. The van der Waals surface area contributed by atoms with Gasteiger partial charge in [-0.1, -0.05) is 13.8 Å². The van der Waals surface area contributed by atoms with Crippen molar-refractivity contribution < 1.29 is 4.74 Å². The van der Waals surface area contributed by atoms with Crippen molar-refractivity contribution in [1.82, 2.24) is 5.32 Å². The van der Waals surface area contributed by atoms with Gasteiger partial charge in [-0.15, -0.1) is 0 Å². The lowest BCUT2D eigenvalue weighted by molar-refractivity contribution is 0.0534. The molecule has 3 atom stereocenters. The van der Waals surface area contributed by atoms with Crippen LogP contribution < -0.4 is 5.32 Å². The molecule has 2 nitrogen and oxygen atoms in total. The first-order chi connectivity index (χ1) is 7.18. The summed E-state index contributed by atoms with van der Waals surface area (Å²) in [5.41, 5.74) is 0. The van der Waals surface area contributed by atoms with Crippen LogP contribution in [0.15, 0.2) is 0 Å². The lowest BCUT2D eigenvalue weighted by Crippen LogP contribution is -2.36. The monoisotopic (exact) mass is 211 g/mol. The molecule has 0 radical (unpaired) electrons. The molecule has 1 saturated carbocycles. The normalized spacial score (nSPS) is 33.6. The molecule has 2 heteroatoms. The molecular formula is C13H25NO. The molecular weight excluding hydrogens is 186 g/mol. The molecule has 0 bridgehead atoms. The minimum atomic E-state index is 0.490. The van der Waals surface area contributed by atoms with Crippen LogP contribution in [0.5, 0.6) is 0 Å². The molecule has 2 rings (SSSR count). The molecule has 1 aliphatic heterocycles. The summed E-state index contributed by atoms with van der Waals surface area (Å²) < 4.78 is 5.80. The van der Waals surface area contributed by atoms with E-state index in [2.05, 4.69) is 26.1 Å². The van der Waals surface area contributed by atoms with Crippen LogP contribution in [-0.4, -0.2) is 25.3 Å². The van der Waals surface area contributed by atoms with E-state index in [9.17, 15) is 0 Å². The average Bonchev–Trinajstić information content (AvgIpc) is 2.93. The second-order valence-corrected chi connectivity index (χ2v) is 5.66. The Balaban J connectivity index is 1.72. The van der Waals surface area contributed by atoms with Crippen molar-refractivity contribution in [3.05, 3.63) is 0 Å². The van der Waals surface area contributed by atoms with Crippen LogP contribution >= 0.6 is 0 Å². The first-order valence-corrected chi connectivity index (χ1v) is 6.53. The van der Waals surface area contributed by atoms with Crippen molar-refractivity contribution in [3.63, 3.8) is 0 Å². The fraction of sp³-hybridized carbons (Fsp3) is 1.00. The molecule has 1 heterocycles. The maximum Gasteiger partial charge on any atom is 0.0639 e. The Morgan fingerprint density at radius 2 is 1.93 bits per heavy atom. The maximum absolute atomic E-state index is 5.80. The Bertz CT molecular complexity index is 201.